The summed E-state index contributed by atoms with van der Waals surface area (Å²) in [4.78, 5) is 14.2. The van der Waals surface area contributed by atoms with Crippen molar-refractivity contribution in [2.24, 2.45) is 5.10 Å². The van der Waals surface area contributed by atoms with Gasteiger partial charge < -0.3 is 4.74 Å². The lowest BCUT2D eigenvalue weighted by Gasteiger charge is -2.25. The average Bonchev–Trinajstić information content (AvgIpc) is 2.69. The van der Waals surface area contributed by atoms with Gasteiger partial charge >= 0.3 is 0 Å². The molecule has 5 nitrogen and oxygen atoms in total. The topological polar surface area (TPSA) is 53.9 Å². The highest BCUT2D eigenvalue weighted by Gasteiger charge is 2.13. The summed E-state index contributed by atoms with van der Waals surface area (Å²) in [5.41, 5.74) is 4.55. The molecule has 1 N–H and O–H groups in total. The molecular weight excluding hydrogens is 326 g/mol. The van der Waals surface area contributed by atoms with E-state index in [1.54, 1.807) is 6.21 Å². The number of hydrogen-bond donors (Lipinski definition) is 1. The molecule has 0 saturated carbocycles. The van der Waals surface area contributed by atoms with Gasteiger partial charge in [0.2, 0.25) is 0 Å². The summed E-state index contributed by atoms with van der Waals surface area (Å²) in [6, 6.07) is 17.7. The van der Waals surface area contributed by atoms with E-state index in [2.05, 4.69) is 15.4 Å². The quantitative estimate of drug-likeness (QED) is 0.616. The molecule has 0 aliphatic carbocycles. The van der Waals surface area contributed by atoms with Gasteiger partial charge in [0, 0.05) is 5.56 Å². The number of amides is 1. The molecule has 0 bridgehead atoms. The van der Waals surface area contributed by atoms with Crippen molar-refractivity contribution in [2.75, 3.05) is 19.6 Å². The van der Waals surface area contributed by atoms with Gasteiger partial charge in [-0.1, -0.05) is 48.9 Å². The fourth-order valence-electron chi connectivity index (χ4n) is 2.98. The lowest BCUT2D eigenvalue weighted by atomic mass is 10.1. The molecule has 0 atom stereocenters. The van der Waals surface area contributed by atoms with Crippen LogP contribution in [0.4, 0.5) is 0 Å². The van der Waals surface area contributed by atoms with Crippen LogP contribution >= 0.6 is 0 Å². The zero-order valence-electron chi connectivity index (χ0n) is 14.9. The van der Waals surface area contributed by atoms with Crippen LogP contribution < -0.4 is 10.2 Å². The van der Waals surface area contributed by atoms with Crippen LogP contribution in [-0.2, 0) is 11.4 Å². The third-order valence-corrected chi connectivity index (χ3v) is 4.36. The van der Waals surface area contributed by atoms with Crippen molar-refractivity contribution >= 4 is 12.1 Å². The molecule has 0 radical (unpaired) electrons. The molecule has 2 aromatic rings. The number of para-hydroxylation sites is 1. The van der Waals surface area contributed by atoms with E-state index in [9.17, 15) is 4.79 Å². The molecule has 1 fully saturated rings. The summed E-state index contributed by atoms with van der Waals surface area (Å²) in [6.45, 7) is 2.89. The van der Waals surface area contributed by atoms with Gasteiger partial charge in [0.15, 0.2) is 0 Å². The Bertz CT molecular complexity index is 725. The minimum absolute atomic E-state index is 0.0779. The van der Waals surface area contributed by atoms with E-state index in [0.29, 0.717) is 13.2 Å². The van der Waals surface area contributed by atoms with Gasteiger partial charge in [0.25, 0.3) is 5.91 Å². The predicted molar refractivity (Wildman–Crippen MR) is 103 cm³/mol. The molecule has 0 unspecified atom stereocenters. The molecule has 1 aliphatic rings. The normalized spacial score (nSPS) is 15.1. The van der Waals surface area contributed by atoms with E-state index in [1.165, 1.54) is 19.3 Å². The molecule has 3 rings (SSSR count). The van der Waals surface area contributed by atoms with Gasteiger partial charge in [0.05, 0.1) is 12.8 Å². The van der Waals surface area contributed by atoms with Crippen molar-refractivity contribution in [3.05, 3.63) is 65.7 Å². The van der Waals surface area contributed by atoms with Crippen molar-refractivity contribution in [1.29, 1.82) is 0 Å². The zero-order chi connectivity index (χ0) is 18.0. The molecule has 1 saturated heterocycles. The summed E-state index contributed by atoms with van der Waals surface area (Å²) in [5.74, 6) is 0.663. The molecule has 2 aromatic carbocycles. The third kappa shape index (κ3) is 5.70. The fraction of sp³-hybridized carbons (Fsp3) is 0.333. The van der Waals surface area contributed by atoms with Gasteiger partial charge in [-0.05, 0) is 43.6 Å². The summed E-state index contributed by atoms with van der Waals surface area (Å²) < 4.78 is 5.89. The second-order valence-corrected chi connectivity index (χ2v) is 6.44. The lowest BCUT2D eigenvalue weighted by molar-refractivity contribution is -0.122. The Kier molecular flexibility index (Phi) is 6.79. The standard InChI is InChI=1S/C21H25N3O2/c25-21(16-24-13-7-2-8-14-24)23-22-15-19-11-5-6-12-20(19)26-17-18-9-3-1-4-10-18/h1,3-6,9-12,15H,2,7-8,13-14,16-17H2,(H,23,25)/b22-15-. The molecule has 0 aromatic heterocycles. The highest BCUT2D eigenvalue weighted by Crippen LogP contribution is 2.17. The number of carbonyl (C=O) groups is 1. The summed E-state index contributed by atoms with van der Waals surface area (Å²) in [7, 11) is 0. The van der Waals surface area contributed by atoms with Crippen LogP contribution in [0.1, 0.15) is 30.4 Å². The maximum absolute atomic E-state index is 12.0. The first-order valence-corrected chi connectivity index (χ1v) is 9.11. The Balaban J connectivity index is 1.52. The Hall–Kier alpha value is -2.66. The maximum atomic E-state index is 12.0. The monoisotopic (exact) mass is 351 g/mol. The molecule has 136 valence electrons. The molecule has 1 heterocycles. The first-order valence-electron chi connectivity index (χ1n) is 9.11. The van der Waals surface area contributed by atoms with Crippen LogP contribution in [0.15, 0.2) is 59.7 Å². The van der Waals surface area contributed by atoms with Crippen LogP contribution in [0.2, 0.25) is 0 Å². The third-order valence-electron chi connectivity index (χ3n) is 4.36. The summed E-state index contributed by atoms with van der Waals surface area (Å²) in [6.07, 6.45) is 5.23. The number of benzene rings is 2. The van der Waals surface area contributed by atoms with Gasteiger partial charge in [-0.2, -0.15) is 5.10 Å². The minimum Gasteiger partial charge on any atom is -0.488 e. The van der Waals surface area contributed by atoms with Crippen LogP contribution in [0.3, 0.4) is 0 Å². The van der Waals surface area contributed by atoms with Gasteiger partial charge in [0.1, 0.15) is 12.4 Å². The second kappa shape index (κ2) is 9.73. The van der Waals surface area contributed by atoms with E-state index in [0.717, 1.165) is 30.0 Å². The van der Waals surface area contributed by atoms with E-state index in [1.807, 2.05) is 54.6 Å². The maximum Gasteiger partial charge on any atom is 0.254 e. The number of carbonyl (C=O) groups excluding carboxylic acids is 1. The SMILES string of the molecule is O=C(CN1CCCCC1)N/N=C\c1ccccc1OCc1ccccc1. The van der Waals surface area contributed by atoms with Crippen molar-refractivity contribution in [3.8, 4) is 5.75 Å². The van der Waals surface area contributed by atoms with Crippen molar-refractivity contribution in [3.63, 3.8) is 0 Å². The van der Waals surface area contributed by atoms with Crippen molar-refractivity contribution < 1.29 is 9.53 Å². The van der Waals surface area contributed by atoms with E-state index in [-0.39, 0.29) is 5.91 Å². The number of piperidine rings is 1. The summed E-state index contributed by atoms with van der Waals surface area (Å²) in [5, 5.41) is 4.09. The van der Waals surface area contributed by atoms with E-state index >= 15 is 0 Å². The number of likely N-dealkylation sites (tertiary alicyclic amines) is 1. The number of ether oxygens (including phenoxy) is 1. The minimum atomic E-state index is -0.0779. The Morgan fingerprint density at radius 3 is 2.58 bits per heavy atom. The molecule has 26 heavy (non-hydrogen) atoms. The van der Waals surface area contributed by atoms with Gasteiger partial charge in [-0.15, -0.1) is 0 Å². The van der Waals surface area contributed by atoms with E-state index in [4.69, 9.17) is 4.74 Å². The number of nitrogens with zero attached hydrogens (tertiary/aromatic N) is 2. The second-order valence-electron chi connectivity index (χ2n) is 6.44. The zero-order valence-corrected chi connectivity index (χ0v) is 14.9. The number of nitrogens with one attached hydrogen (secondary N) is 1. The fourth-order valence-corrected chi connectivity index (χ4v) is 2.98. The molecule has 1 amide bonds. The highest BCUT2D eigenvalue weighted by molar-refractivity contribution is 5.85. The number of hydrogen-bond acceptors (Lipinski definition) is 4. The van der Waals surface area contributed by atoms with Gasteiger partial charge in [-0.25, -0.2) is 5.43 Å². The molecule has 0 spiro atoms. The van der Waals surface area contributed by atoms with Crippen LogP contribution in [0, 0.1) is 0 Å². The van der Waals surface area contributed by atoms with Crippen molar-refractivity contribution in [1.82, 2.24) is 10.3 Å². The van der Waals surface area contributed by atoms with Crippen LogP contribution in [0.5, 0.6) is 5.75 Å². The molecule has 1 aliphatic heterocycles. The Labute approximate surface area is 154 Å². The largest absolute Gasteiger partial charge is 0.488 e. The van der Waals surface area contributed by atoms with Crippen molar-refractivity contribution in [2.45, 2.75) is 25.9 Å². The smallest absolute Gasteiger partial charge is 0.254 e. The Morgan fingerprint density at radius 2 is 1.77 bits per heavy atom. The van der Waals surface area contributed by atoms with E-state index < -0.39 is 0 Å². The Morgan fingerprint density at radius 1 is 1.04 bits per heavy atom. The number of hydrazone groups is 1. The average molecular weight is 351 g/mol. The van der Waals surface area contributed by atoms with Gasteiger partial charge in [-0.3, -0.25) is 9.69 Å². The van der Waals surface area contributed by atoms with Crippen LogP contribution in [0.25, 0.3) is 0 Å². The number of rotatable bonds is 7. The summed E-state index contributed by atoms with van der Waals surface area (Å²) >= 11 is 0. The first-order chi connectivity index (χ1) is 12.8. The predicted octanol–water partition coefficient (Wildman–Crippen LogP) is 3.20. The highest BCUT2D eigenvalue weighted by atomic mass is 16.5. The first kappa shape index (κ1) is 18.1. The molecular formula is C21H25N3O2. The van der Waals surface area contributed by atoms with Crippen LogP contribution in [-0.4, -0.2) is 36.7 Å². The lowest BCUT2D eigenvalue weighted by Crippen LogP contribution is -2.38. The molecule has 5 heteroatoms.